The molecule has 1 aromatic heterocycles. The molecule has 0 N–H and O–H groups in total. The minimum absolute atomic E-state index is 0.197. The van der Waals surface area contributed by atoms with E-state index in [4.69, 9.17) is 9.15 Å². The number of carbonyl (C=O) groups is 1. The largest absolute Gasteiger partial charge is 0.482 e. The van der Waals surface area contributed by atoms with Crippen LogP contribution in [0.4, 0.5) is 0 Å². The maximum Gasteiger partial charge on any atom is 0.343 e. The molecule has 5 nitrogen and oxygen atoms in total. The van der Waals surface area contributed by atoms with Crippen molar-refractivity contribution in [3.63, 3.8) is 0 Å². The lowest BCUT2D eigenvalue weighted by Gasteiger charge is -2.10. The third kappa shape index (κ3) is 3.71. The molecule has 3 rings (SSSR count). The predicted molar refractivity (Wildman–Crippen MR) is 94.0 cm³/mol. The number of aryl methyl sites for hydroxylation is 1. The third-order valence-electron chi connectivity index (χ3n) is 4.07. The van der Waals surface area contributed by atoms with Crippen molar-refractivity contribution >= 4 is 16.9 Å². The Kier molecular flexibility index (Phi) is 4.84. The SMILES string of the molecule is COC(=O)COc1ccc2c(C)c(Cc3ccccc3)c(=O)oc2c1. The van der Waals surface area contributed by atoms with E-state index in [9.17, 15) is 9.59 Å². The van der Waals surface area contributed by atoms with Gasteiger partial charge in [-0.1, -0.05) is 30.3 Å². The first-order valence-electron chi connectivity index (χ1n) is 7.88. The van der Waals surface area contributed by atoms with Crippen LogP contribution in [0.3, 0.4) is 0 Å². The van der Waals surface area contributed by atoms with Crippen molar-refractivity contribution in [1.29, 1.82) is 0 Å². The molecule has 3 aromatic rings. The molecule has 0 aliphatic rings. The zero-order valence-corrected chi connectivity index (χ0v) is 14.1. The minimum atomic E-state index is -0.476. The van der Waals surface area contributed by atoms with Gasteiger partial charge in [-0.3, -0.25) is 0 Å². The Morgan fingerprint density at radius 3 is 2.60 bits per heavy atom. The number of hydrogen-bond donors (Lipinski definition) is 0. The van der Waals surface area contributed by atoms with Gasteiger partial charge in [-0.25, -0.2) is 9.59 Å². The molecule has 128 valence electrons. The summed E-state index contributed by atoms with van der Waals surface area (Å²) in [7, 11) is 1.29. The van der Waals surface area contributed by atoms with E-state index in [1.807, 2.05) is 43.3 Å². The normalized spacial score (nSPS) is 10.6. The lowest BCUT2D eigenvalue weighted by Crippen LogP contribution is -2.13. The van der Waals surface area contributed by atoms with E-state index in [-0.39, 0.29) is 12.2 Å². The van der Waals surface area contributed by atoms with Crippen LogP contribution in [0.1, 0.15) is 16.7 Å². The molecular weight excluding hydrogens is 320 g/mol. The van der Waals surface area contributed by atoms with Gasteiger partial charge in [-0.2, -0.15) is 0 Å². The second-order valence-corrected chi connectivity index (χ2v) is 5.68. The average molecular weight is 338 g/mol. The molecule has 5 heteroatoms. The van der Waals surface area contributed by atoms with Crippen molar-refractivity contribution in [3.05, 3.63) is 75.6 Å². The summed E-state index contributed by atoms with van der Waals surface area (Å²) in [4.78, 5) is 23.6. The minimum Gasteiger partial charge on any atom is -0.482 e. The van der Waals surface area contributed by atoms with Gasteiger partial charge in [0.2, 0.25) is 0 Å². The Bertz CT molecular complexity index is 957. The number of hydrogen-bond acceptors (Lipinski definition) is 5. The lowest BCUT2D eigenvalue weighted by molar-refractivity contribution is -0.142. The monoisotopic (exact) mass is 338 g/mol. The highest BCUT2D eigenvalue weighted by atomic mass is 16.6. The Morgan fingerprint density at radius 2 is 1.88 bits per heavy atom. The fraction of sp³-hybridized carbons (Fsp3) is 0.200. The van der Waals surface area contributed by atoms with E-state index >= 15 is 0 Å². The zero-order chi connectivity index (χ0) is 17.8. The van der Waals surface area contributed by atoms with Crippen molar-refractivity contribution < 1.29 is 18.7 Å². The van der Waals surface area contributed by atoms with Crippen LogP contribution in [-0.2, 0) is 16.0 Å². The Balaban J connectivity index is 1.94. The molecule has 0 unspecified atom stereocenters. The van der Waals surface area contributed by atoms with Gasteiger partial charge in [0, 0.05) is 23.4 Å². The molecule has 0 radical (unpaired) electrons. The molecule has 0 atom stereocenters. The Labute approximate surface area is 144 Å². The molecular formula is C20H18O5. The highest BCUT2D eigenvalue weighted by Crippen LogP contribution is 2.25. The van der Waals surface area contributed by atoms with E-state index in [0.717, 1.165) is 16.5 Å². The van der Waals surface area contributed by atoms with Gasteiger partial charge in [-0.15, -0.1) is 0 Å². The first kappa shape index (κ1) is 16.8. The maximum atomic E-state index is 12.4. The van der Waals surface area contributed by atoms with Gasteiger partial charge >= 0.3 is 11.6 Å². The molecule has 0 bridgehead atoms. The van der Waals surface area contributed by atoms with Gasteiger partial charge in [0.1, 0.15) is 11.3 Å². The second-order valence-electron chi connectivity index (χ2n) is 5.68. The summed E-state index contributed by atoms with van der Waals surface area (Å²) in [5.74, 6) is -0.0350. The smallest absolute Gasteiger partial charge is 0.343 e. The molecule has 0 spiro atoms. The number of methoxy groups -OCH3 is 1. The second kappa shape index (κ2) is 7.21. The number of carbonyl (C=O) groups excluding carboxylic acids is 1. The Hall–Kier alpha value is -3.08. The molecule has 0 amide bonds. The summed E-state index contributed by atoms with van der Waals surface area (Å²) < 4.78 is 15.3. The molecule has 0 fully saturated rings. The summed E-state index contributed by atoms with van der Waals surface area (Å²) in [6, 6.07) is 15.0. The summed E-state index contributed by atoms with van der Waals surface area (Å²) >= 11 is 0. The van der Waals surface area contributed by atoms with Crippen LogP contribution in [-0.4, -0.2) is 19.7 Å². The third-order valence-corrected chi connectivity index (χ3v) is 4.07. The maximum absolute atomic E-state index is 12.4. The van der Waals surface area contributed by atoms with Gasteiger partial charge < -0.3 is 13.9 Å². The van der Waals surface area contributed by atoms with Crippen LogP contribution in [0.5, 0.6) is 5.75 Å². The van der Waals surface area contributed by atoms with E-state index in [1.165, 1.54) is 7.11 Å². The molecule has 0 aliphatic carbocycles. The van der Waals surface area contributed by atoms with E-state index in [2.05, 4.69) is 4.74 Å². The van der Waals surface area contributed by atoms with Crippen LogP contribution in [0.2, 0.25) is 0 Å². The van der Waals surface area contributed by atoms with Crippen molar-refractivity contribution in [1.82, 2.24) is 0 Å². The number of esters is 1. The van der Waals surface area contributed by atoms with E-state index < -0.39 is 5.97 Å². The van der Waals surface area contributed by atoms with Gasteiger partial charge in [0.25, 0.3) is 0 Å². The van der Waals surface area contributed by atoms with Crippen molar-refractivity contribution in [2.45, 2.75) is 13.3 Å². The fourth-order valence-electron chi connectivity index (χ4n) is 2.67. The van der Waals surface area contributed by atoms with E-state index in [0.29, 0.717) is 23.3 Å². The summed E-state index contributed by atoms with van der Waals surface area (Å²) in [6.07, 6.45) is 0.519. The van der Waals surface area contributed by atoms with Crippen LogP contribution < -0.4 is 10.4 Å². The fourth-order valence-corrected chi connectivity index (χ4v) is 2.67. The molecule has 2 aromatic carbocycles. The molecule has 25 heavy (non-hydrogen) atoms. The molecule has 0 aliphatic heterocycles. The first-order chi connectivity index (χ1) is 12.1. The summed E-state index contributed by atoms with van der Waals surface area (Å²) in [6.45, 7) is 1.71. The van der Waals surface area contributed by atoms with Gasteiger partial charge in [0.15, 0.2) is 6.61 Å². The van der Waals surface area contributed by atoms with E-state index in [1.54, 1.807) is 12.1 Å². The number of fused-ring (bicyclic) bond motifs is 1. The quantitative estimate of drug-likeness (QED) is 0.528. The zero-order valence-electron chi connectivity index (χ0n) is 14.1. The van der Waals surface area contributed by atoms with Crippen molar-refractivity contribution in [3.8, 4) is 5.75 Å². The standard InChI is InChI=1S/C20H18O5/c1-13-16-9-8-15(24-12-19(21)23-2)11-18(16)25-20(22)17(13)10-14-6-4-3-5-7-14/h3-9,11H,10,12H2,1-2H3. The van der Waals surface area contributed by atoms with Gasteiger partial charge in [-0.05, 0) is 30.2 Å². The number of ether oxygens (including phenoxy) is 2. The van der Waals surface area contributed by atoms with Crippen LogP contribution >= 0.6 is 0 Å². The summed E-state index contributed by atoms with van der Waals surface area (Å²) in [5.41, 5.74) is 2.65. The van der Waals surface area contributed by atoms with Crippen molar-refractivity contribution in [2.75, 3.05) is 13.7 Å². The van der Waals surface area contributed by atoms with Crippen LogP contribution in [0.25, 0.3) is 11.0 Å². The molecule has 0 saturated heterocycles. The average Bonchev–Trinajstić information content (AvgIpc) is 2.63. The predicted octanol–water partition coefficient (Wildman–Crippen LogP) is 3.24. The topological polar surface area (TPSA) is 65.7 Å². The number of rotatable bonds is 5. The van der Waals surface area contributed by atoms with Crippen LogP contribution in [0.15, 0.2) is 57.7 Å². The highest BCUT2D eigenvalue weighted by molar-refractivity contribution is 5.82. The van der Waals surface area contributed by atoms with Gasteiger partial charge in [0.05, 0.1) is 7.11 Å². The number of benzene rings is 2. The Morgan fingerprint density at radius 1 is 1.12 bits per heavy atom. The highest BCUT2D eigenvalue weighted by Gasteiger charge is 2.13. The van der Waals surface area contributed by atoms with Crippen molar-refractivity contribution in [2.24, 2.45) is 0 Å². The van der Waals surface area contributed by atoms with Crippen LogP contribution in [0, 0.1) is 6.92 Å². The molecule has 1 heterocycles. The molecule has 0 saturated carbocycles. The summed E-state index contributed by atoms with van der Waals surface area (Å²) in [5, 5.41) is 0.843. The first-order valence-corrected chi connectivity index (χ1v) is 7.88. The lowest BCUT2D eigenvalue weighted by atomic mass is 10.00.